The summed E-state index contributed by atoms with van der Waals surface area (Å²) in [5.74, 6) is -2.17. The highest BCUT2D eigenvalue weighted by Gasteiger charge is 2.56. The second kappa shape index (κ2) is 12.6. The molecule has 0 aliphatic carbocycles. The number of fused-ring (bicyclic) bond motifs is 1. The van der Waals surface area contributed by atoms with Crippen molar-refractivity contribution in [1.29, 1.82) is 0 Å². The zero-order valence-corrected chi connectivity index (χ0v) is 24.3. The first-order valence-corrected chi connectivity index (χ1v) is 14.5. The van der Waals surface area contributed by atoms with Gasteiger partial charge in [0.15, 0.2) is 6.10 Å². The Bertz CT molecular complexity index is 1490. The van der Waals surface area contributed by atoms with Crippen LogP contribution in [0.3, 0.4) is 0 Å². The number of hydrogen-bond donors (Lipinski definition) is 1. The number of carbonyl (C=O) groups excluding carboxylic acids is 4. The summed E-state index contributed by atoms with van der Waals surface area (Å²) in [4.78, 5) is 55.6. The number of ether oxygens (including phenoxy) is 2. The third-order valence-electron chi connectivity index (χ3n) is 6.58. The van der Waals surface area contributed by atoms with E-state index in [0.29, 0.717) is 16.0 Å². The molecule has 208 valence electrons. The van der Waals surface area contributed by atoms with Crippen molar-refractivity contribution in [2.75, 3.05) is 6.61 Å². The molecule has 1 N–H and O–H groups in total. The number of nitrogens with one attached hydrogen (secondary N) is 1. The molecule has 2 aliphatic rings. The van der Waals surface area contributed by atoms with Gasteiger partial charge in [0.2, 0.25) is 0 Å². The summed E-state index contributed by atoms with van der Waals surface area (Å²) in [5, 5.41) is 2.17. The second-order valence-corrected chi connectivity index (χ2v) is 10.8. The van der Waals surface area contributed by atoms with Gasteiger partial charge in [0, 0.05) is 23.0 Å². The van der Waals surface area contributed by atoms with E-state index in [9.17, 15) is 19.2 Å². The Balaban J connectivity index is 1.50. The van der Waals surface area contributed by atoms with Gasteiger partial charge in [0.05, 0.1) is 0 Å². The third-order valence-corrected chi connectivity index (χ3v) is 8.68. The summed E-state index contributed by atoms with van der Waals surface area (Å²) in [6, 6.07) is 26.2. The molecule has 3 aromatic carbocycles. The minimum absolute atomic E-state index is 0.0345. The average molecular weight is 634 g/mol. The van der Waals surface area contributed by atoms with Gasteiger partial charge in [-0.05, 0) is 28.2 Å². The second-order valence-electron chi connectivity index (χ2n) is 9.22. The molecule has 2 aliphatic heterocycles. The minimum atomic E-state index is -0.882. The summed E-state index contributed by atoms with van der Waals surface area (Å²) in [5.41, 5.74) is 2.19. The van der Waals surface area contributed by atoms with Gasteiger partial charge in [-0.25, -0.2) is 4.79 Å². The van der Waals surface area contributed by atoms with Crippen LogP contribution in [0.2, 0.25) is 0 Å². The number of esters is 2. The quantitative estimate of drug-likeness (QED) is 0.273. The summed E-state index contributed by atoms with van der Waals surface area (Å²) < 4.78 is 11.4. The number of β-lactam (4-membered cyclic amide) rings is 1. The topological polar surface area (TPSA) is 102 Å². The van der Waals surface area contributed by atoms with E-state index in [2.05, 4.69) is 21.2 Å². The third kappa shape index (κ3) is 5.98. The van der Waals surface area contributed by atoms with Gasteiger partial charge < -0.3 is 14.8 Å². The van der Waals surface area contributed by atoms with Crippen molar-refractivity contribution >= 4 is 51.4 Å². The molecule has 0 bridgehead atoms. The Labute approximate surface area is 249 Å². The van der Waals surface area contributed by atoms with Crippen LogP contribution < -0.4 is 5.32 Å². The number of halogens is 1. The molecule has 0 aromatic heterocycles. The van der Waals surface area contributed by atoms with E-state index in [0.717, 1.165) is 11.1 Å². The minimum Gasteiger partial charge on any atom is -0.461 e. The van der Waals surface area contributed by atoms with E-state index in [1.807, 2.05) is 60.7 Å². The zero-order valence-electron chi connectivity index (χ0n) is 21.9. The Morgan fingerprint density at radius 1 is 0.951 bits per heavy atom. The molecule has 0 spiro atoms. The number of amides is 2. The highest BCUT2D eigenvalue weighted by atomic mass is 79.9. The van der Waals surface area contributed by atoms with E-state index in [-0.39, 0.29) is 12.3 Å². The maximum absolute atomic E-state index is 14.0. The summed E-state index contributed by atoms with van der Waals surface area (Å²) in [7, 11) is 0. The smallest absolute Gasteiger partial charge is 0.356 e. The number of rotatable bonds is 8. The lowest BCUT2D eigenvalue weighted by molar-refractivity contribution is -0.153. The molecular weight excluding hydrogens is 608 g/mol. The van der Waals surface area contributed by atoms with Crippen LogP contribution in [0.25, 0.3) is 0 Å². The average Bonchev–Trinajstić information content (AvgIpc) is 3.01. The van der Waals surface area contributed by atoms with Crippen LogP contribution in [0.4, 0.5) is 0 Å². The maximum Gasteiger partial charge on any atom is 0.356 e. The molecule has 2 atom stereocenters. The van der Waals surface area contributed by atoms with Crippen LogP contribution in [0.5, 0.6) is 0 Å². The lowest BCUT2D eigenvalue weighted by Crippen LogP contribution is -2.70. The van der Waals surface area contributed by atoms with Gasteiger partial charge in [-0.1, -0.05) is 107 Å². The number of nitrogens with zero attached hydrogens (tertiary/aromatic N) is 1. The number of carbonyl (C=O) groups is 4. The van der Waals surface area contributed by atoms with Crippen LogP contribution in [0.15, 0.2) is 112 Å². The molecule has 1 unspecified atom stereocenters. The van der Waals surface area contributed by atoms with Gasteiger partial charge in [-0.15, -0.1) is 0 Å². The Hall–Kier alpha value is -4.15. The lowest BCUT2D eigenvalue weighted by atomic mass is 10.00. The largest absolute Gasteiger partial charge is 0.461 e. The molecule has 10 heteroatoms. The monoisotopic (exact) mass is 632 g/mol. The first-order valence-electron chi connectivity index (χ1n) is 12.7. The van der Waals surface area contributed by atoms with Crippen LogP contribution in [-0.4, -0.2) is 46.7 Å². The van der Waals surface area contributed by atoms with E-state index in [4.69, 9.17) is 9.47 Å². The van der Waals surface area contributed by atoms with Gasteiger partial charge in [-0.2, -0.15) is 0 Å². The van der Waals surface area contributed by atoms with Crippen molar-refractivity contribution in [2.45, 2.75) is 24.4 Å². The molecule has 1 saturated heterocycles. The molecule has 1 fully saturated rings. The van der Waals surface area contributed by atoms with Crippen LogP contribution in [0.1, 0.15) is 34.5 Å². The van der Waals surface area contributed by atoms with Crippen molar-refractivity contribution in [3.63, 3.8) is 0 Å². The predicted octanol–water partition coefficient (Wildman–Crippen LogP) is 5.09. The number of thioether (sulfide) groups is 1. The summed E-state index contributed by atoms with van der Waals surface area (Å²) in [6.45, 7) is 1.02. The molecule has 2 amide bonds. The van der Waals surface area contributed by atoms with Crippen LogP contribution in [-0.2, 0) is 23.9 Å². The predicted molar refractivity (Wildman–Crippen MR) is 157 cm³/mol. The molecule has 0 saturated carbocycles. The van der Waals surface area contributed by atoms with E-state index >= 15 is 0 Å². The summed E-state index contributed by atoms with van der Waals surface area (Å²) in [6.07, 6.45) is -0.762. The summed E-state index contributed by atoms with van der Waals surface area (Å²) >= 11 is 4.62. The molecule has 5 rings (SSSR count). The van der Waals surface area contributed by atoms with Gasteiger partial charge in [0.25, 0.3) is 11.8 Å². The maximum atomic E-state index is 14.0. The first-order chi connectivity index (χ1) is 19.9. The number of hydrogen-bond acceptors (Lipinski definition) is 7. The van der Waals surface area contributed by atoms with Crippen molar-refractivity contribution in [3.05, 3.63) is 129 Å². The van der Waals surface area contributed by atoms with Gasteiger partial charge in [-0.3, -0.25) is 19.3 Å². The van der Waals surface area contributed by atoms with Crippen molar-refractivity contribution in [1.82, 2.24) is 10.2 Å². The van der Waals surface area contributed by atoms with Crippen molar-refractivity contribution < 1.29 is 28.7 Å². The van der Waals surface area contributed by atoms with Crippen molar-refractivity contribution in [2.24, 2.45) is 0 Å². The standard InChI is InChI=1S/C31H25BrN2O6S/c1-19(35)39-18-23-24(17-32)41-30-25(33-28(36)22-15-9-4-10-16-22)29(37)34(30)26(23)31(38)40-27(20-11-5-2-6-12-20)21-13-7-3-8-14-21/h2-17,25,27,30H,18H2,1H3,(H,33,36)/b24-17-/t25?,30-/m1/s1. The molecule has 0 radical (unpaired) electrons. The Morgan fingerprint density at radius 2 is 1.51 bits per heavy atom. The first kappa shape index (κ1) is 28.4. The van der Waals surface area contributed by atoms with Crippen LogP contribution in [0, 0.1) is 0 Å². The van der Waals surface area contributed by atoms with Gasteiger partial charge in [0.1, 0.15) is 23.7 Å². The highest BCUT2D eigenvalue weighted by Crippen LogP contribution is 2.47. The zero-order chi connectivity index (χ0) is 28.9. The van der Waals surface area contributed by atoms with E-state index in [1.54, 1.807) is 35.3 Å². The van der Waals surface area contributed by atoms with Crippen LogP contribution >= 0.6 is 27.7 Å². The van der Waals surface area contributed by atoms with Crippen molar-refractivity contribution in [3.8, 4) is 0 Å². The molecule has 3 aromatic rings. The fourth-order valence-electron chi connectivity index (χ4n) is 4.61. The molecular formula is C31H25BrN2O6S. The molecule has 41 heavy (non-hydrogen) atoms. The lowest BCUT2D eigenvalue weighted by Gasteiger charge is -2.50. The molecule has 2 heterocycles. The fraction of sp³-hybridized carbons (Fsp3) is 0.161. The Morgan fingerprint density at radius 3 is 2.05 bits per heavy atom. The van der Waals surface area contributed by atoms with E-state index in [1.165, 1.54) is 23.6 Å². The fourth-order valence-corrected chi connectivity index (χ4v) is 6.45. The van der Waals surface area contributed by atoms with Gasteiger partial charge >= 0.3 is 11.9 Å². The highest BCUT2D eigenvalue weighted by molar-refractivity contribution is 9.11. The van der Waals surface area contributed by atoms with E-state index < -0.39 is 41.3 Å². The normalized spacial score (nSPS) is 19.0. The molecule has 8 nitrogen and oxygen atoms in total. The SMILES string of the molecule is CC(=O)OCC1=C(C(=O)OC(c2ccccc2)c2ccccc2)N2C(=O)C(NC(=O)c3ccccc3)[C@H]2S/C1=C\Br. The number of benzene rings is 3. The Kier molecular flexibility index (Phi) is 8.70.